The van der Waals surface area contributed by atoms with Crippen LogP contribution in [0.1, 0.15) is 50.8 Å². The minimum atomic E-state index is -2.91. The van der Waals surface area contributed by atoms with Crippen LogP contribution >= 0.6 is 0 Å². The second-order valence-electron chi connectivity index (χ2n) is 7.25. The third-order valence-electron chi connectivity index (χ3n) is 4.22. The van der Waals surface area contributed by atoms with Gasteiger partial charge in [0.05, 0.1) is 17.6 Å². The first-order valence-electron chi connectivity index (χ1n) is 7.90. The van der Waals surface area contributed by atoms with E-state index in [2.05, 4.69) is 26.1 Å². The largest absolute Gasteiger partial charge is 0.387 e. The third-order valence-corrected chi connectivity index (χ3v) is 6.05. The maximum absolute atomic E-state index is 11.6. The zero-order valence-corrected chi connectivity index (χ0v) is 14.5. The van der Waals surface area contributed by atoms with Crippen LogP contribution < -0.4 is 5.32 Å². The predicted molar refractivity (Wildman–Crippen MR) is 89.8 cm³/mol. The number of nitrogens with one attached hydrogen (secondary N) is 1. The fourth-order valence-electron chi connectivity index (χ4n) is 2.79. The molecule has 22 heavy (non-hydrogen) atoms. The van der Waals surface area contributed by atoms with Gasteiger partial charge in [-0.2, -0.15) is 0 Å². The van der Waals surface area contributed by atoms with Crippen LogP contribution in [0, 0.1) is 0 Å². The Labute approximate surface area is 133 Å². The van der Waals surface area contributed by atoms with Gasteiger partial charge in [-0.05, 0) is 29.4 Å². The molecule has 2 rings (SSSR count). The molecule has 0 bridgehead atoms. The molecule has 2 atom stereocenters. The summed E-state index contributed by atoms with van der Waals surface area (Å²) in [5.74, 6) is 0.477. The van der Waals surface area contributed by atoms with Crippen LogP contribution in [0.3, 0.4) is 0 Å². The van der Waals surface area contributed by atoms with Gasteiger partial charge < -0.3 is 10.4 Å². The summed E-state index contributed by atoms with van der Waals surface area (Å²) >= 11 is 0. The summed E-state index contributed by atoms with van der Waals surface area (Å²) in [7, 11) is -2.91. The summed E-state index contributed by atoms with van der Waals surface area (Å²) in [6.45, 7) is 6.85. The summed E-state index contributed by atoms with van der Waals surface area (Å²) in [4.78, 5) is 0. The van der Waals surface area contributed by atoms with Crippen molar-refractivity contribution in [2.24, 2.45) is 0 Å². The molecule has 2 unspecified atom stereocenters. The van der Waals surface area contributed by atoms with Gasteiger partial charge in [-0.3, -0.25) is 0 Å². The molecule has 1 aromatic rings. The topological polar surface area (TPSA) is 66.4 Å². The molecule has 4 nitrogen and oxygen atoms in total. The van der Waals surface area contributed by atoms with E-state index in [-0.39, 0.29) is 17.2 Å². The van der Waals surface area contributed by atoms with Gasteiger partial charge in [0.25, 0.3) is 0 Å². The summed E-state index contributed by atoms with van der Waals surface area (Å²) in [5.41, 5.74) is 2.19. The molecule has 0 spiro atoms. The first-order chi connectivity index (χ1) is 10.2. The second kappa shape index (κ2) is 6.69. The fourth-order valence-corrected chi connectivity index (χ4v) is 4.46. The molecule has 0 radical (unpaired) electrons. The Kier molecular flexibility index (Phi) is 5.30. The predicted octanol–water partition coefficient (Wildman–Crippen LogP) is 2.18. The third kappa shape index (κ3) is 4.80. The van der Waals surface area contributed by atoms with Crippen LogP contribution in [-0.2, 0) is 15.3 Å². The molecule has 0 amide bonds. The van der Waals surface area contributed by atoms with Crippen molar-refractivity contribution >= 4 is 9.84 Å². The molecule has 1 saturated heterocycles. The number of aliphatic hydroxyl groups excluding tert-OH is 1. The second-order valence-corrected chi connectivity index (χ2v) is 9.48. The van der Waals surface area contributed by atoms with Gasteiger partial charge in [-0.25, -0.2) is 8.42 Å². The van der Waals surface area contributed by atoms with Crippen molar-refractivity contribution in [3.8, 4) is 0 Å². The van der Waals surface area contributed by atoms with Crippen molar-refractivity contribution in [2.75, 3.05) is 18.1 Å². The van der Waals surface area contributed by atoms with E-state index in [1.54, 1.807) is 0 Å². The van der Waals surface area contributed by atoms with Gasteiger partial charge in [0.15, 0.2) is 9.84 Å². The van der Waals surface area contributed by atoms with Crippen LogP contribution in [0.25, 0.3) is 0 Å². The average molecular weight is 325 g/mol. The highest BCUT2D eigenvalue weighted by molar-refractivity contribution is 7.91. The van der Waals surface area contributed by atoms with Gasteiger partial charge in [-0.15, -0.1) is 0 Å². The lowest BCUT2D eigenvalue weighted by Crippen LogP contribution is -2.41. The Morgan fingerprint density at radius 1 is 1.27 bits per heavy atom. The van der Waals surface area contributed by atoms with Crippen molar-refractivity contribution in [1.29, 1.82) is 0 Å². The van der Waals surface area contributed by atoms with Crippen LogP contribution in [-0.4, -0.2) is 37.6 Å². The molecule has 1 aromatic carbocycles. The molecular formula is C17H27NO3S. The molecular weight excluding hydrogens is 298 g/mol. The van der Waals surface area contributed by atoms with E-state index in [4.69, 9.17) is 0 Å². The lowest BCUT2D eigenvalue weighted by molar-refractivity contribution is 0.170. The van der Waals surface area contributed by atoms with Crippen LogP contribution in [0.4, 0.5) is 0 Å². The van der Waals surface area contributed by atoms with Crippen molar-refractivity contribution in [3.05, 3.63) is 35.4 Å². The Hall–Kier alpha value is -0.910. The normalized spacial score (nSPS) is 23.2. The molecule has 124 valence electrons. The number of rotatable bonds is 4. The van der Waals surface area contributed by atoms with Gasteiger partial charge in [0.1, 0.15) is 0 Å². The molecule has 1 aliphatic heterocycles. The summed E-state index contributed by atoms with van der Waals surface area (Å²) in [5, 5.41) is 13.5. The lowest BCUT2D eigenvalue weighted by atomic mass is 9.86. The van der Waals surface area contributed by atoms with Crippen LogP contribution in [0.2, 0.25) is 0 Å². The van der Waals surface area contributed by atoms with E-state index in [9.17, 15) is 13.5 Å². The van der Waals surface area contributed by atoms with Crippen molar-refractivity contribution in [2.45, 2.75) is 51.2 Å². The molecule has 1 heterocycles. The van der Waals surface area contributed by atoms with Crippen LogP contribution in [0.5, 0.6) is 0 Å². The minimum absolute atomic E-state index is 0.0396. The first kappa shape index (κ1) is 17.4. The zero-order chi connectivity index (χ0) is 16.4. The molecule has 5 heteroatoms. The SMILES string of the molecule is CC(C)(C)c1ccc(C(O)CNC2CCCS(=O)(=O)C2)cc1. The average Bonchev–Trinajstić information content (AvgIpc) is 2.43. The number of hydrogen-bond donors (Lipinski definition) is 2. The molecule has 1 aliphatic rings. The van der Waals surface area contributed by atoms with Crippen molar-refractivity contribution in [3.63, 3.8) is 0 Å². The maximum Gasteiger partial charge on any atom is 0.151 e. The first-order valence-corrected chi connectivity index (χ1v) is 9.72. The summed E-state index contributed by atoms with van der Waals surface area (Å²) in [6.07, 6.45) is 0.948. The van der Waals surface area contributed by atoms with Crippen molar-refractivity contribution in [1.82, 2.24) is 5.32 Å². The highest BCUT2D eigenvalue weighted by Crippen LogP contribution is 2.24. The molecule has 2 N–H and O–H groups in total. The van der Waals surface area contributed by atoms with E-state index in [1.807, 2.05) is 24.3 Å². The summed E-state index contributed by atoms with van der Waals surface area (Å²) < 4.78 is 23.2. The Bertz CT molecular complexity index is 587. The number of hydrogen-bond acceptors (Lipinski definition) is 4. The molecule has 0 aliphatic carbocycles. The quantitative estimate of drug-likeness (QED) is 0.890. The minimum Gasteiger partial charge on any atom is -0.387 e. The van der Waals surface area contributed by atoms with Crippen LogP contribution in [0.15, 0.2) is 24.3 Å². The molecule has 1 fully saturated rings. The van der Waals surface area contributed by atoms with E-state index in [0.29, 0.717) is 18.7 Å². The van der Waals surface area contributed by atoms with Gasteiger partial charge in [-0.1, -0.05) is 45.0 Å². The van der Waals surface area contributed by atoms with Crippen molar-refractivity contribution < 1.29 is 13.5 Å². The van der Waals surface area contributed by atoms with E-state index < -0.39 is 15.9 Å². The Morgan fingerprint density at radius 2 is 1.91 bits per heavy atom. The monoisotopic (exact) mass is 325 g/mol. The molecule has 0 saturated carbocycles. The number of sulfone groups is 1. The van der Waals surface area contributed by atoms with Gasteiger partial charge in [0, 0.05) is 12.6 Å². The fraction of sp³-hybridized carbons (Fsp3) is 0.647. The smallest absolute Gasteiger partial charge is 0.151 e. The number of benzene rings is 1. The molecule has 0 aromatic heterocycles. The van der Waals surface area contributed by atoms with E-state index in [1.165, 1.54) is 5.56 Å². The maximum atomic E-state index is 11.6. The van der Waals surface area contributed by atoms with E-state index in [0.717, 1.165) is 12.0 Å². The highest BCUT2D eigenvalue weighted by Gasteiger charge is 2.25. The number of aliphatic hydroxyl groups is 1. The van der Waals surface area contributed by atoms with Gasteiger partial charge >= 0.3 is 0 Å². The standard InChI is InChI=1S/C17H27NO3S/c1-17(2,3)14-8-6-13(7-9-14)16(19)11-18-15-5-4-10-22(20,21)12-15/h6-9,15-16,18-19H,4-5,10-12H2,1-3H3. The Morgan fingerprint density at radius 3 is 2.45 bits per heavy atom. The highest BCUT2D eigenvalue weighted by atomic mass is 32.2. The zero-order valence-electron chi connectivity index (χ0n) is 13.7. The lowest BCUT2D eigenvalue weighted by Gasteiger charge is -2.25. The van der Waals surface area contributed by atoms with E-state index >= 15 is 0 Å². The van der Waals surface area contributed by atoms with Gasteiger partial charge in [0.2, 0.25) is 0 Å². The Balaban J connectivity index is 1.91. The summed E-state index contributed by atoms with van der Waals surface area (Å²) in [6, 6.07) is 7.95.